The van der Waals surface area contributed by atoms with Crippen molar-refractivity contribution >= 4 is 17.8 Å². The van der Waals surface area contributed by atoms with Crippen molar-refractivity contribution in [3.8, 4) is 5.75 Å². The van der Waals surface area contributed by atoms with Crippen LogP contribution in [0.3, 0.4) is 0 Å². The molecular weight excluding hydrogens is 459 g/mol. The van der Waals surface area contributed by atoms with Crippen LogP contribution in [-0.2, 0) is 20.5 Å². The number of esters is 1. The minimum absolute atomic E-state index is 0.116. The molecule has 3 rings (SSSR count). The zero-order valence-electron chi connectivity index (χ0n) is 19.3. The van der Waals surface area contributed by atoms with Gasteiger partial charge < -0.3 is 15.6 Å². The van der Waals surface area contributed by atoms with Crippen LogP contribution in [0.25, 0.3) is 6.08 Å². The fraction of sp³-hybridized carbons (Fsp3) is 0.333. The largest absolute Gasteiger partial charge is 0.508 e. The molecule has 5 nitrogen and oxygen atoms in total. The van der Waals surface area contributed by atoms with Gasteiger partial charge in [0.05, 0.1) is 12.2 Å². The molecule has 1 fully saturated rings. The molecule has 8 heteroatoms. The number of phenolic OH excluding ortho intramolecular Hbond substituents is 1. The number of alkyl halides is 3. The smallest absolute Gasteiger partial charge is 0.416 e. The van der Waals surface area contributed by atoms with Crippen LogP contribution in [0.1, 0.15) is 55.3 Å². The van der Waals surface area contributed by atoms with E-state index in [2.05, 4.69) is 0 Å². The van der Waals surface area contributed by atoms with Gasteiger partial charge in [0, 0.05) is 23.6 Å². The Labute approximate surface area is 202 Å². The monoisotopic (exact) mass is 487 g/mol. The number of phenols is 1. The van der Waals surface area contributed by atoms with Gasteiger partial charge in [-0.1, -0.05) is 42.0 Å². The van der Waals surface area contributed by atoms with Gasteiger partial charge in [0.2, 0.25) is 0 Å². The van der Waals surface area contributed by atoms with Gasteiger partial charge in [-0.15, -0.1) is 0 Å². The number of rotatable bonds is 8. The average molecular weight is 488 g/mol. The second kappa shape index (κ2) is 11.4. The summed E-state index contributed by atoms with van der Waals surface area (Å²) in [6.45, 7) is 2.05. The summed E-state index contributed by atoms with van der Waals surface area (Å²) in [5.74, 6) is -1.79. The number of hydrogen-bond acceptors (Lipinski definition) is 5. The minimum Gasteiger partial charge on any atom is -0.508 e. The maximum Gasteiger partial charge on any atom is 0.416 e. The van der Waals surface area contributed by atoms with E-state index >= 15 is 0 Å². The van der Waals surface area contributed by atoms with E-state index in [0.717, 1.165) is 23.3 Å². The standard InChI is InChI=1S/C27H28F3NO4/c1-17(6-5-15-35-24(33)14-9-18-7-3-2-4-8-18)20-12-13-22(26(20)34)25(31)21-11-10-19(16-23(21)32)27(28,29)30/h2-4,7-11,14,16,22,25,32H,5-6,12-13,15,31H2,1H3/b14-9+,20-17+. The van der Waals surface area contributed by atoms with Crippen LogP contribution in [0.4, 0.5) is 13.2 Å². The van der Waals surface area contributed by atoms with Crippen molar-refractivity contribution in [1.29, 1.82) is 0 Å². The predicted molar refractivity (Wildman–Crippen MR) is 126 cm³/mol. The fourth-order valence-electron chi connectivity index (χ4n) is 4.20. The molecule has 0 amide bonds. The quantitative estimate of drug-likeness (QED) is 0.281. The summed E-state index contributed by atoms with van der Waals surface area (Å²) in [7, 11) is 0. The first-order valence-corrected chi connectivity index (χ1v) is 11.4. The van der Waals surface area contributed by atoms with Gasteiger partial charge in [0.25, 0.3) is 0 Å². The number of ketones is 1. The Bertz CT molecular complexity index is 1120. The first kappa shape index (κ1) is 26.2. The van der Waals surface area contributed by atoms with Crippen molar-refractivity contribution in [3.05, 3.63) is 82.4 Å². The lowest BCUT2D eigenvalue weighted by molar-refractivity contribution is -0.138. The molecule has 186 valence electrons. The Morgan fingerprint density at radius 3 is 2.60 bits per heavy atom. The third-order valence-corrected chi connectivity index (χ3v) is 6.16. The van der Waals surface area contributed by atoms with Gasteiger partial charge in [-0.3, -0.25) is 4.79 Å². The summed E-state index contributed by atoms with van der Waals surface area (Å²) in [6, 6.07) is 11.1. The van der Waals surface area contributed by atoms with Gasteiger partial charge in [0.1, 0.15) is 5.75 Å². The molecule has 1 aliphatic rings. The van der Waals surface area contributed by atoms with E-state index in [1.807, 2.05) is 37.3 Å². The molecule has 2 unspecified atom stereocenters. The zero-order valence-corrected chi connectivity index (χ0v) is 19.3. The maximum atomic E-state index is 13.0. The van der Waals surface area contributed by atoms with E-state index in [4.69, 9.17) is 10.5 Å². The summed E-state index contributed by atoms with van der Waals surface area (Å²) in [6.07, 6.45) is 0.516. The van der Waals surface area contributed by atoms with Crippen LogP contribution in [0.2, 0.25) is 0 Å². The molecule has 0 aromatic heterocycles. The van der Waals surface area contributed by atoms with E-state index in [-0.39, 0.29) is 18.0 Å². The lowest BCUT2D eigenvalue weighted by Gasteiger charge is -2.20. The second-order valence-corrected chi connectivity index (χ2v) is 8.58. The van der Waals surface area contributed by atoms with Crippen molar-refractivity contribution in [2.45, 2.75) is 44.8 Å². The number of halogens is 3. The van der Waals surface area contributed by atoms with E-state index in [1.54, 1.807) is 6.08 Å². The van der Waals surface area contributed by atoms with Gasteiger partial charge >= 0.3 is 12.1 Å². The maximum absolute atomic E-state index is 13.0. The van der Waals surface area contributed by atoms with Crippen molar-refractivity contribution < 1.29 is 32.6 Å². The van der Waals surface area contributed by atoms with E-state index in [1.165, 1.54) is 6.08 Å². The summed E-state index contributed by atoms with van der Waals surface area (Å²) in [5.41, 5.74) is 7.74. The third-order valence-electron chi connectivity index (χ3n) is 6.16. The lowest BCUT2D eigenvalue weighted by atomic mass is 9.89. The van der Waals surface area contributed by atoms with E-state index in [9.17, 15) is 27.9 Å². The van der Waals surface area contributed by atoms with Crippen molar-refractivity contribution in [2.75, 3.05) is 6.61 Å². The molecule has 35 heavy (non-hydrogen) atoms. The van der Waals surface area contributed by atoms with E-state index in [0.29, 0.717) is 37.3 Å². The highest BCUT2D eigenvalue weighted by Gasteiger charge is 2.37. The van der Waals surface area contributed by atoms with Gasteiger partial charge in [-0.25, -0.2) is 4.79 Å². The molecule has 0 bridgehead atoms. The first-order valence-electron chi connectivity index (χ1n) is 11.4. The SMILES string of the molecule is C/C(CCCOC(=O)/C=C/c1ccccc1)=C1/CCC(C(N)c2ccc(C(F)(F)F)cc2O)C1=O. The Morgan fingerprint density at radius 1 is 1.23 bits per heavy atom. The molecule has 3 N–H and O–H groups in total. The summed E-state index contributed by atoms with van der Waals surface area (Å²) >= 11 is 0. The van der Waals surface area contributed by atoms with Crippen LogP contribution in [0.5, 0.6) is 5.75 Å². The Kier molecular flexibility index (Phi) is 8.51. The highest BCUT2D eigenvalue weighted by atomic mass is 19.4. The van der Waals surface area contributed by atoms with Gasteiger partial charge in [-0.2, -0.15) is 13.2 Å². The lowest BCUT2D eigenvalue weighted by Crippen LogP contribution is -2.25. The Balaban J connectivity index is 1.53. The van der Waals surface area contributed by atoms with Crippen LogP contribution < -0.4 is 5.73 Å². The van der Waals surface area contributed by atoms with E-state index < -0.39 is 35.4 Å². The number of allylic oxidation sites excluding steroid dienone is 2. The Morgan fingerprint density at radius 2 is 1.94 bits per heavy atom. The van der Waals surface area contributed by atoms with Crippen LogP contribution in [0, 0.1) is 5.92 Å². The highest BCUT2D eigenvalue weighted by Crippen LogP contribution is 2.40. The number of nitrogens with two attached hydrogens (primary N) is 1. The number of carbonyl (C=O) groups excluding carboxylic acids is 2. The minimum atomic E-state index is -4.58. The first-order chi connectivity index (χ1) is 16.6. The average Bonchev–Trinajstić information content (AvgIpc) is 3.21. The number of benzene rings is 2. The molecule has 2 aromatic rings. The molecule has 0 aliphatic heterocycles. The van der Waals surface area contributed by atoms with Crippen molar-refractivity contribution in [3.63, 3.8) is 0 Å². The number of ether oxygens (including phenoxy) is 1. The molecule has 1 aliphatic carbocycles. The number of carbonyl (C=O) groups is 2. The molecule has 2 atom stereocenters. The topological polar surface area (TPSA) is 89.6 Å². The Hall–Kier alpha value is -3.39. The number of Topliss-reactive ketones (excluding diaryl/α,β-unsaturated/α-hetero) is 1. The molecule has 1 saturated carbocycles. The number of aromatic hydroxyl groups is 1. The summed E-state index contributed by atoms with van der Waals surface area (Å²) < 4.78 is 43.8. The van der Waals surface area contributed by atoms with Crippen LogP contribution in [-0.4, -0.2) is 23.5 Å². The van der Waals surface area contributed by atoms with Gasteiger partial charge in [-0.05, 0) is 62.0 Å². The predicted octanol–water partition coefficient (Wildman–Crippen LogP) is 5.74. The molecule has 0 radical (unpaired) electrons. The third kappa shape index (κ3) is 6.82. The molecular formula is C27H28F3NO4. The summed E-state index contributed by atoms with van der Waals surface area (Å²) in [4.78, 5) is 24.8. The normalized spacial score (nSPS) is 18.7. The fourth-order valence-corrected chi connectivity index (χ4v) is 4.20. The highest BCUT2D eigenvalue weighted by molar-refractivity contribution is 6.00. The van der Waals surface area contributed by atoms with Crippen molar-refractivity contribution in [2.24, 2.45) is 11.7 Å². The molecule has 0 heterocycles. The van der Waals surface area contributed by atoms with Crippen LogP contribution >= 0.6 is 0 Å². The molecule has 0 spiro atoms. The zero-order chi connectivity index (χ0) is 25.6. The van der Waals surface area contributed by atoms with Gasteiger partial charge in [0.15, 0.2) is 5.78 Å². The second-order valence-electron chi connectivity index (χ2n) is 8.58. The van der Waals surface area contributed by atoms with Crippen LogP contribution in [0.15, 0.2) is 65.8 Å². The summed E-state index contributed by atoms with van der Waals surface area (Å²) in [5, 5.41) is 10.1. The number of hydrogen-bond donors (Lipinski definition) is 2. The van der Waals surface area contributed by atoms with Crippen molar-refractivity contribution in [1.82, 2.24) is 0 Å². The molecule has 2 aromatic carbocycles. The molecule has 0 saturated heterocycles.